The summed E-state index contributed by atoms with van der Waals surface area (Å²) < 4.78 is 72.6. The lowest BCUT2D eigenvalue weighted by Gasteiger charge is -2.36. The molecule has 2 aromatic carbocycles. The fourth-order valence-electron chi connectivity index (χ4n) is 10.8. The molecular formula is C68H110N6O18S. The number of aryl methyl sites for hydroxylation is 1. The Labute approximate surface area is 556 Å². The van der Waals surface area contributed by atoms with Gasteiger partial charge in [0.1, 0.15) is 11.2 Å². The lowest BCUT2D eigenvalue weighted by Crippen LogP contribution is -2.46. The Morgan fingerprint density at radius 1 is 0.570 bits per heavy atom. The van der Waals surface area contributed by atoms with Gasteiger partial charge in [-0.25, -0.2) is 14.4 Å². The second kappa shape index (κ2) is 44.0. The second-order valence-electron chi connectivity index (χ2n) is 25.6. The van der Waals surface area contributed by atoms with E-state index in [1.165, 1.54) is 5.56 Å². The van der Waals surface area contributed by atoms with Crippen LogP contribution in [0.25, 0.3) is 11.1 Å². The standard InChI is InChI=1S/C68H110N6O18S/c1-67(2,3)91-65(78)73-24-20-53(21-25-73)50-74(66(79)92-68(4,5)6)59-49-57(59)55-17-15-54(16-18-55)56-11-9-10-52(48-56)14-19-62(76)70-23-27-81-29-31-83-33-35-85-37-39-87-41-43-89-45-47-90-46-44-88-42-40-86-38-36-84-34-32-82-30-28-80-26-22-69-61(75)13-8-7-12-60-63-58(51-93-60)71-64(77)72-63/h9-11,15-18,48,53,57-60,63H,7-8,12-14,19-47,49-51H2,1-6H3,(H,69,75)(H,70,76)(H2,71,72,77)/t57-,58-,59+,60-,63-/m0/s1. The predicted molar refractivity (Wildman–Crippen MR) is 354 cm³/mol. The van der Waals surface area contributed by atoms with Crippen LogP contribution in [0.3, 0.4) is 0 Å². The number of hydrogen-bond donors (Lipinski definition) is 4. The van der Waals surface area contributed by atoms with E-state index in [0.29, 0.717) is 203 Å². The zero-order valence-electron chi connectivity index (χ0n) is 56.4. The van der Waals surface area contributed by atoms with Crippen LogP contribution < -0.4 is 21.3 Å². The molecule has 3 heterocycles. The van der Waals surface area contributed by atoms with Crippen molar-refractivity contribution in [2.45, 2.75) is 140 Å². The number of nitrogens with zero attached hydrogens (tertiary/aromatic N) is 2. The maximum absolute atomic E-state index is 13.6. The van der Waals surface area contributed by atoms with Crippen LogP contribution in [0.15, 0.2) is 48.5 Å². The van der Waals surface area contributed by atoms with Crippen molar-refractivity contribution in [3.05, 3.63) is 59.7 Å². The summed E-state index contributed by atoms with van der Waals surface area (Å²) in [4.78, 5) is 66.3. The maximum Gasteiger partial charge on any atom is 0.410 e. The van der Waals surface area contributed by atoms with Crippen LogP contribution in [0.4, 0.5) is 14.4 Å². The second-order valence-corrected chi connectivity index (χ2v) is 26.9. The number of urea groups is 1. The quantitative estimate of drug-likeness (QED) is 0.0378. The van der Waals surface area contributed by atoms with Crippen LogP contribution >= 0.6 is 11.8 Å². The minimum absolute atomic E-state index is 0.0282. The molecule has 4 aliphatic rings. The molecule has 0 aromatic heterocycles. The Bertz CT molecular complexity index is 2430. The molecule has 0 bridgehead atoms. The molecule has 3 saturated heterocycles. The van der Waals surface area contributed by atoms with Gasteiger partial charge >= 0.3 is 18.2 Å². The van der Waals surface area contributed by atoms with Gasteiger partial charge in [-0.1, -0.05) is 55.0 Å². The van der Waals surface area contributed by atoms with E-state index in [9.17, 15) is 24.0 Å². The number of rotatable bonds is 49. The summed E-state index contributed by atoms with van der Waals surface area (Å²) in [5.41, 5.74) is 3.30. The molecule has 2 aromatic rings. The molecule has 1 saturated carbocycles. The highest BCUT2D eigenvalue weighted by atomic mass is 32.2. The molecule has 25 heteroatoms. The fraction of sp³-hybridized carbons (Fsp3) is 0.750. The summed E-state index contributed by atoms with van der Waals surface area (Å²) in [5, 5.41) is 12.2. The van der Waals surface area contributed by atoms with E-state index in [0.717, 1.165) is 61.0 Å². The van der Waals surface area contributed by atoms with Gasteiger partial charge in [-0.05, 0) is 108 Å². The van der Waals surface area contributed by atoms with Gasteiger partial charge in [0.2, 0.25) is 11.8 Å². The Hall–Kier alpha value is -4.90. The summed E-state index contributed by atoms with van der Waals surface area (Å²) in [6, 6.07) is 17.3. The Balaban J connectivity index is 0.633. The third kappa shape index (κ3) is 33.1. The third-order valence-corrected chi connectivity index (χ3v) is 17.2. The van der Waals surface area contributed by atoms with Gasteiger partial charge in [0, 0.05) is 68.5 Å². The normalized spacial score (nSPS) is 18.8. The first-order valence-electron chi connectivity index (χ1n) is 33.8. The Morgan fingerprint density at radius 3 is 1.53 bits per heavy atom. The summed E-state index contributed by atoms with van der Waals surface area (Å²) in [7, 11) is 0. The number of carbonyl (C=O) groups is 5. The number of fused-ring (bicyclic) bond motifs is 1. The SMILES string of the molecule is CC(C)(C)OC(=O)N1CCC(CN(C(=O)OC(C)(C)C)[C@@H]2C[C@H]2c2ccc(-c3cccc(CCC(=O)NCCOCCOCCOCCOCCOCCOCCOCCOCCOCCOCCOCCNC(=O)CCCC[C@@H]4SC[C@@H]5NC(=O)N[C@@H]54)c3)cc2)CC1. The van der Waals surface area contributed by atoms with Crippen molar-refractivity contribution in [3.8, 4) is 11.1 Å². The lowest BCUT2D eigenvalue weighted by atomic mass is 9.96. The molecule has 6 rings (SSSR count). The molecule has 5 atom stereocenters. The van der Waals surface area contributed by atoms with Crippen molar-refractivity contribution in [2.75, 3.05) is 184 Å². The summed E-state index contributed by atoms with van der Waals surface area (Å²) >= 11 is 1.90. The van der Waals surface area contributed by atoms with Crippen LogP contribution in [0, 0.1) is 5.92 Å². The van der Waals surface area contributed by atoms with Crippen molar-refractivity contribution in [1.82, 2.24) is 31.1 Å². The molecule has 526 valence electrons. The smallest absolute Gasteiger partial charge is 0.410 e. The van der Waals surface area contributed by atoms with Crippen LogP contribution in [0.1, 0.15) is 110 Å². The van der Waals surface area contributed by atoms with Crippen molar-refractivity contribution in [2.24, 2.45) is 5.92 Å². The first kappa shape index (κ1) is 77.1. The summed E-state index contributed by atoms with van der Waals surface area (Å²) in [6.45, 7) is 24.0. The molecule has 93 heavy (non-hydrogen) atoms. The number of carbonyl (C=O) groups excluding carboxylic acids is 5. The molecule has 0 radical (unpaired) electrons. The molecule has 4 N–H and O–H groups in total. The number of amides is 6. The zero-order valence-corrected chi connectivity index (χ0v) is 57.2. The third-order valence-electron chi connectivity index (χ3n) is 15.7. The Kier molecular flexibility index (Phi) is 36.5. The number of thioether (sulfide) groups is 1. The average molecular weight is 1330 g/mol. The van der Waals surface area contributed by atoms with E-state index in [-0.39, 0.29) is 60.0 Å². The molecule has 0 unspecified atom stereocenters. The topological polar surface area (TPSA) is 260 Å². The number of benzene rings is 2. The highest BCUT2D eigenvalue weighted by Gasteiger charge is 2.47. The zero-order chi connectivity index (χ0) is 66.4. The fourth-order valence-corrected chi connectivity index (χ4v) is 12.4. The van der Waals surface area contributed by atoms with Crippen LogP contribution in [0.2, 0.25) is 0 Å². The number of hydrogen-bond acceptors (Lipinski definition) is 19. The van der Waals surface area contributed by atoms with Crippen molar-refractivity contribution < 1.29 is 85.6 Å². The molecular weight excluding hydrogens is 1220 g/mol. The van der Waals surface area contributed by atoms with E-state index < -0.39 is 11.2 Å². The molecule has 6 amide bonds. The van der Waals surface area contributed by atoms with E-state index in [1.807, 2.05) is 70.3 Å². The molecule has 3 aliphatic heterocycles. The van der Waals surface area contributed by atoms with Gasteiger partial charge in [-0.3, -0.25) is 9.59 Å². The number of piperidine rings is 1. The number of nitrogens with one attached hydrogen (secondary N) is 4. The van der Waals surface area contributed by atoms with Gasteiger partial charge in [-0.15, -0.1) is 0 Å². The van der Waals surface area contributed by atoms with Gasteiger partial charge in [0.25, 0.3) is 0 Å². The highest BCUT2D eigenvalue weighted by molar-refractivity contribution is 8.00. The summed E-state index contributed by atoms with van der Waals surface area (Å²) in [6.07, 6.45) is 6.19. The predicted octanol–water partition coefficient (Wildman–Crippen LogP) is 7.17. The molecule has 1 aliphatic carbocycles. The van der Waals surface area contributed by atoms with E-state index in [2.05, 4.69) is 57.7 Å². The van der Waals surface area contributed by atoms with Gasteiger partial charge in [0.15, 0.2) is 0 Å². The number of likely N-dealkylation sites (tertiary alicyclic amines) is 1. The first-order chi connectivity index (χ1) is 45.0. The maximum atomic E-state index is 13.6. The number of unbranched alkanes of at least 4 members (excludes halogenated alkanes) is 1. The first-order valence-corrected chi connectivity index (χ1v) is 34.8. The number of ether oxygens (including phenoxy) is 13. The van der Waals surface area contributed by atoms with Crippen LogP contribution in [0.5, 0.6) is 0 Å². The van der Waals surface area contributed by atoms with E-state index in [1.54, 1.807) is 4.90 Å². The van der Waals surface area contributed by atoms with Gasteiger partial charge in [0.05, 0.1) is 157 Å². The monoisotopic (exact) mass is 1330 g/mol. The van der Waals surface area contributed by atoms with Crippen molar-refractivity contribution >= 4 is 41.8 Å². The van der Waals surface area contributed by atoms with Crippen LogP contribution in [-0.4, -0.2) is 258 Å². The van der Waals surface area contributed by atoms with Crippen molar-refractivity contribution in [1.29, 1.82) is 0 Å². The van der Waals surface area contributed by atoms with E-state index >= 15 is 0 Å². The average Bonchev–Trinajstić information content (AvgIpc) is 1.64. The largest absolute Gasteiger partial charge is 0.444 e. The Morgan fingerprint density at radius 2 is 1.04 bits per heavy atom. The highest BCUT2D eigenvalue weighted by Crippen LogP contribution is 2.46. The minimum Gasteiger partial charge on any atom is -0.444 e. The van der Waals surface area contributed by atoms with Crippen molar-refractivity contribution in [3.63, 3.8) is 0 Å². The molecule has 0 spiro atoms. The summed E-state index contributed by atoms with van der Waals surface area (Å²) in [5.74, 6) is 1.44. The van der Waals surface area contributed by atoms with Gasteiger partial charge in [-0.2, -0.15) is 11.8 Å². The van der Waals surface area contributed by atoms with Crippen LogP contribution in [-0.2, 0) is 77.6 Å². The van der Waals surface area contributed by atoms with E-state index in [4.69, 9.17) is 61.6 Å². The van der Waals surface area contributed by atoms with Gasteiger partial charge < -0.3 is 92.6 Å². The minimum atomic E-state index is -0.609. The lowest BCUT2D eigenvalue weighted by molar-refractivity contribution is -0.122. The molecule has 4 fully saturated rings. The molecule has 24 nitrogen and oxygen atoms in total.